The van der Waals surface area contributed by atoms with Gasteiger partial charge >= 0.3 is 0 Å². The molecular weight excluding hydrogens is 271 g/mol. The lowest BCUT2D eigenvalue weighted by Gasteiger charge is -2.29. The molecule has 0 atom stereocenters. The highest BCUT2D eigenvalue weighted by Gasteiger charge is 2.24. The van der Waals surface area contributed by atoms with Crippen molar-refractivity contribution in [1.82, 2.24) is 0 Å². The van der Waals surface area contributed by atoms with E-state index in [1.165, 1.54) is 44.1 Å². The van der Waals surface area contributed by atoms with Crippen molar-refractivity contribution in [3.8, 4) is 0 Å². The van der Waals surface area contributed by atoms with E-state index in [2.05, 4.69) is 31.7 Å². The maximum absolute atomic E-state index is 14.6. The molecule has 0 aliphatic heterocycles. The number of halogens is 1. The first-order valence-corrected chi connectivity index (χ1v) is 9.09. The van der Waals surface area contributed by atoms with E-state index in [1.807, 2.05) is 6.07 Å². The van der Waals surface area contributed by atoms with Crippen LogP contribution in [0.25, 0.3) is 0 Å². The molecule has 0 aromatic heterocycles. The zero-order valence-corrected chi connectivity index (χ0v) is 13.9. The molecule has 0 nitrogen and oxygen atoms in total. The van der Waals surface area contributed by atoms with Crippen LogP contribution < -0.4 is 0 Å². The van der Waals surface area contributed by atoms with E-state index in [1.54, 1.807) is 0 Å². The highest BCUT2D eigenvalue weighted by atomic mass is 19.1. The van der Waals surface area contributed by atoms with E-state index in [0.717, 1.165) is 24.3 Å². The Morgan fingerprint density at radius 3 is 2.18 bits per heavy atom. The fraction of sp³-hybridized carbons (Fsp3) is 0.619. The quantitative estimate of drug-likeness (QED) is 0.553. The second kappa shape index (κ2) is 6.98. The molecule has 2 aliphatic carbocycles. The average Bonchev–Trinajstić information content (AvgIpc) is 2.56. The van der Waals surface area contributed by atoms with E-state index in [4.69, 9.17) is 0 Å². The molecule has 0 bridgehead atoms. The van der Waals surface area contributed by atoms with Crippen LogP contribution in [0.3, 0.4) is 0 Å². The second-order valence-electron chi connectivity index (χ2n) is 7.59. The van der Waals surface area contributed by atoms with Crippen LogP contribution in [-0.2, 0) is 0 Å². The summed E-state index contributed by atoms with van der Waals surface area (Å²) in [5, 5.41) is 0. The molecule has 2 saturated carbocycles. The van der Waals surface area contributed by atoms with Crippen molar-refractivity contribution in [2.45, 2.75) is 70.1 Å². The number of hydrogen-bond acceptors (Lipinski definition) is 0. The molecule has 0 unspecified atom stereocenters. The lowest BCUT2D eigenvalue weighted by Crippen LogP contribution is -2.14. The van der Waals surface area contributed by atoms with Crippen molar-refractivity contribution >= 4 is 0 Å². The van der Waals surface area contributed by atoms with Crippen molar-refractivity contribution in [3.63, 3.8) is 0 Å². The molecule has 2 aliphatic rings. The monoisotopic (exact) mass is 300 g/mol. The van der Waals surface area contributed by atoms with E-state index in [9.17, 15) is 4.39 Å². The number of allylic oxidation sites excluding steroid dienone is 1. The molecule has 1 aromatic carbocycles. The van der Waals surface area contributed by atoms with Gasteiger partial charge in [0, 0.05) is 0 Å². The van der Waals surface area contributed by atoms with Gasteiger partial charge in [0.05, 0.1) is 0 Å². The molecular formula is C21H29F. The summed E-state index contributed by atoms with van der Waals surface area (Å²) in [5.41, 5.74) is 2.18. The molecule has 2 fully saturated rings. The first-order chi connectivity index (χ1) is 10.7. The highest BCUT2D eigenvalue weighted by molar-refractivity contribution is 5.30. The Bertz CT molecular complexity index is 503. The zero-order chi connectivity index (χ0) is 15.5. The van der Waals surface area contributed by atoms with Gasteiger partial charge in [-0.3, -0.25) is 0 Å². The Kier molecular flexibility index (Phi) is 5.00. The van der Waals surface area contributed by atoms with Crippen LogP contribution in [0.4, 0.5) is 4.39 Å². The zero-order valence-electron chi connectivity index (χ0n) is 13.9. The van der Waals surface area contributed by atoms with E-state index in [-0.39, 0.29) is 5.82 Å². The van der Waals surface area contributed by atoms with Crippen molar-refractivity contribution in [3.05, 3.63) is 47.8 Å². The molecule has 0 N–H and O–H groups in total. The molecule has 3 rings (SSSR count). The summed E-state index contributed by atoms with van der Waals surface area (Å²) in [5.74, 6) is 2.53. The fourth-order valence-corrected chi connectivity index (χ4v) is 4.39. The third-order valence-electron chi connectivity index (χ3n) is 6.06. The number of benzene rings is 1. The summed E-state index contributed by atoms with van der Waals surface area (Å²) < 4.78 is 14.6. The highest BCUT2D eigenvalue weighted by Crippen LogP contribution is 2.39. The van der Waals surface area contributed by atoms with E-state index in [0.29, 0.717) is 17.8 Å². The first kappa shape index (κ1) is 15.8. The van der Waals surface area contributed by atoms with Crippen molar-refractivity contribution in [2.75, 3.05) is 0 Å². The minimum atomic E-state index is 0.0443. The normalized spacial score (nSPS) is 32.6. The maximum atomic E-state index is 14.6. The molecule has 0 heterocycles. The lowest BCUT2D eigenvalue weighted by molar-refractivity contribution is 0.341. The largest absolute Gasteiger partial charge is 0.207 e. The molecule has 0 amide bonds. The van der Waals surface area contributed by atoms with Gasteiger partial charge < -0.3 is 0 Å². The second-order valence-corrected chi connectivity index (χ2v) is 7.59. The third-order valence-corrected chi connectivity index (χ3v) is 6.06. The SMILES string of the molecule is C=CC1CCC(c2ccc(C3CCC(C)CC3)c(F)c2)CC1. The van der Waals surface area contributed by atoms with Crippen molar-refractivity contribution in [2.24, 2.45) is 11.8 Å². The molecule has 1 heteroatoms. The number of rotatable bonds is 3. The summed E-state index contributed by atoms with van der Waals surface area (Å²) in [6.45, 7) is 6.22. The van der Waals surface area contributed by atoms with Gasteiger partial charge in [-0.2, -0.15) is 0 Å². The minimum absolute atomic E-state index is 0.0443. The molecule has 22 heavy (non-hydrogen) atoms. The van der Waals surface area contributed by atoms with Crippen LogP contribution in [0.1, 0.15) is 81.3 Å². The van der Waals surface area contributed by atoms with Gasteiger partial charge in [-0.15, -0.1) is 6.58 Å². The standard InChI is InChI=1S/C21H29F/c1-3-16-6-10-17(11-7-16)19-12-13-20(21(22)14-19)18-8-4-15(2)5-9-18/h3,12-18H,1,4-11H2,2H3. The lowest BCUT2D eigenvalue weighted by atomic mass is 9.77. The van der Waals surface area contributed by atoms with Crippen LogP contribution in [0.15, 0.2) is 30.9 Å². The summed E-state index contributed by atoms with van der Waals surface area (Å²) in [4.78, 5) is 0. The average molecular weight is 300 g/mol. The Labute approximate surface area is 134 Å². The third kappa shape index (κ3) is 3.45. The topological polar surface area (TPSA) is 0 Å². The van der Waals surface area contributed by atoms with Gasteiger partial charge in [-0.05, 0) is 79.4 Å². The molecule has 1 aromatic rings. The summed E-state index contributed by atoms with van der Waals surface area (Å²) in [7, 11) is 0. The van der Waals surface area contributed by atoms with Crippen molar-refractivity contribution < 1.29 is 4.39 Å². The fourth-order valence-electron chi connectivity index (χ4n) is 4.39. The Morgan fingerprint density at radius 1 is 0.955 bits per heavy atom. The predicted octanol–water partition coefficient (Wildman–Crippen LogP) is 6.58. The summed E-state index contributed by atoms with van der Waals surface area (Å²) in [6, 6.07) is 6.13. The minimum Gasteiger partial charge on any atom is -0.207 e. The Hall–Kier alpha value is -1.11. The van der Waals surface area contributed by atoms with Crippen molar-refractivity contribution in [1.29, 1.82) is 0 Å². The van der Waals surface area contributed by atoms with Crippen LogP contribution >= 0.6 is 0 Å². The van der Waals surface area contributed by atoms with Gasteiger partial charge in [-0.1, -0.05) is 38.0 Å². The smallest absolute Gasteiger partial charge is 0.126 e. The number of hydrogen-bond donors (Lipinski definition) is 0. The molecule has 120 valence electrons. The molecule has 0 saturated heterocycles. The van der Waals surface area contributed by atoms with E-state index >= 15 is 0 Å². The van der Waals surface area contributed by atoms with E-state index < -0.39 is 0 Å². The summed E-state index contributed by atoms with van der Waals surface area (Å²) >= 11 is 0. The van der Waals surface area contributed by atoms with Crippen LogP contribution in [0, 0.1) is 17.7 Å². The van der Waals surface area contributed by atoms with Gasteiger partial charge in [0.1, 0.15) is 5.82 Å². The predicted molar refractivity (Wildman–Crippen MR) is 91.7 cm³/mol. The maximum Gasteiger partial charge on any atom is 0.126 e. The Balaban J connectivity index is 1.68. The molecule has 0 spiro atoms. The Morgan fingerprint density at radius 2 is 1.59 bits per heavy atom. The molecule has 0 radical (unpaired) electrons. The van der Waals surface area contributed by atoms with Gasteiger partial charge in [-0.25, -0.2) is 4.39 Å². The van der Waals surface area contributed by atoms with Gasteiger partial charge in [0.15, 0.2) is 0 Å². The van der Waals surface area contributed by atoms with Crippen LogP contribution in [-0.4, -0.2) is 0 Å². The first-order valence-electron chi connectivity index (χ1n) is 9.09. The van der Waals surface area contributed by atoms with Gasteiger partial charge in [0.25, 0.3) is 0 Å². The van der Waals surface area contributed by atoms with Gasteiger partial charge in [0.2, 0.25) is 0 Å². The van der Waals surface area contributed by atoms with Crippen LogP contribution in [0.2, 0.25) is 0 Å². The van der Waals surface area contributed by atoms with Crippen LogP contribution in [0.5, 0.6) is 0 Å². The summed E-state index contributed by atoms with van der Waals surface area (Å²) in [6.07, 6.45) is 11.7.